The molecule has 120 valence electrons. The lowest BCUT2D eigenvalue weighted by Gasteiger charge is -2.34. The number of methoxy groups -OCH3 is 1. The highest BCUT2D eigenvalue weighted by atomic mass is 35.5. The van der Waals surface area contributed by atoms with Crippen LogP contribution in [0.15, 0.2) is 29.2 Å². The van der Waals surface area contributed by atoms with Crippen LogP contribution in [0, 0.1) is 5.92 Å². The van der Waals surface area contributed by atoms with Crippen molar-refractivity contribution in [2.24, 2.45) is 11.7 Å². The van der Waals surface area contributed by atoms with Gasteiger partial charge in [0, 0.05) is 19.1 Å². The lowest BCUT2D eigenvalue weighted by Crippen LogP contribution is -2.45. The van der Waals surface area contributed by atoms with Gasteiger partial charge in [0.25, 0.3) is 0 Å². The monoisotopic (exact) mass is 334 g/mol. The molecule has 2 unspecified atom stereocenters. The fourth-order valence-electron chi connectivity index (χ4n) is 2.59. The van der Waals surface area contributed by atoms with E-state index in [1.165, 1.54) is 11.4 Å². The van der Waals surface area contributed by atoms with Gasteiger partial charge in [-0.25, -0.2) is 8.42 Å². The molecule has 0 bridgehead atoms. The molecule has 2 atom stereocenters. The number of halogens is 1. The summed E-state index contributed by atoms with van der Waals surface area (Å²) in [6, 6.07) is 6.73. The predicted molar refractivity (Wildman–Crippen MR) is 85.4 cm³/mol. The Hall–Kier alpha value is -0.820. The summed E-state index contributed by atoms with van der Waals surface area (Å²) in [6.07, 6.45) is 1.83. The van der Waals surface area contributed by atoms with E-state index in [0.717, 1.165) is 12.8 Å². The first kappa shape index (κ1) is 18.2. The zero-order valence-electron chi connectivity index (χ0n) is 12.4. The van der Waals surface area contributed by atoms with Gasteiger partial charge >= 0.3 is 0 Å². The number of sulfonamides is 1. The standard InChI is InChI=1S/C14H22N2O3S.ClH/c1-11(15)12-6-5-9-16(10-12)20(17,18)14-8-4-3-7-13(14)19-2;/h3-4,7-8,11-12H,5-6,9-10,15H2,1-2H3;1H. The Morgan fingerprint density at radius 3 is 2.67 bits per heavy atom. The van der Waals surface area contributed by atoms with Gasteiger partial charge < -0.3 is 10.5 Å². The van der Waals surface area contributed by atoms with E-state index >= 15 is 0 Å². The molecule has 0 aliphatic carbocycles. The fraction of sp³-hybridized carbons (Fsp3) is 0.571. The van der Waals surface area contributed by atoms with Gasteiger partial charge in [-0.3, -0.25) is 0 Å². The average molecular weight is 335 g/mol. The highest BCUT2D eigenvalue weighted by molar-refractivity contribution is 7.89. The molecule has 7 heteroatoms. The lowest BCUT2D eigenvalue weighted by atomic mass is 9.93. The van der Waals surface area contributed by atoms with E-state index in [2.05, 4.69) is 0 Å². The first-order valence-corrected chi connectivity index (χ1v) is 8.29. The number of piperidine rings is 1. The molecule has 0 saturated carbocycles. The molecule has 1 aliphatic rings. The number of nitrogens with zero attached hydrogens (tertiary/aromatic N) is 1. The van der Waals surface area contributed by atoms with Crippen LogP contribution in [0.3, 0.4) is 0 Å². The Morgan fingerprint density at radius 2 is 2.05 bits per heavy atom. The van der Waals surface area contributed by atoms with E-state index in [9.17, 15) is 8.42 Å². The minimum Gasteiger partial charge on any atom is -0.495 e. The van der Waals surface area contributed by atoms with E-state index in [4.69, 9.17) is 10.5 Å². The summed E-state index contributed by atoms with van der Waals surface area (Å²) in [6.45, 7) is 2.96. The molecule has 1 aliphatic heterocycles. The van der Waals surface area contributed by atoms with E-state index in [-0.39, 0.29) is 29.3 Å². The fourth-order valence-corrected chi connectivity index (χ4v) is 4.28. The van der Waals surface area contributed by atoms with Crippen LogP contribution < -0.4 is 10.5 Å². The van der Waals surface area contributed by atoms with Crippen LogP contribution in [0.2, 0.25) is 0 Å². The molecule has 5 nitrogen and oxygen atoms in total. The first-order chi connectivity index (χ1) is 9.46. The maximum absolute atomic E-state index is 12.7. The van der Waals surface area contributed by atoms with Crippen LogP contribution >= 0.6 is 12.4 Å². The van der Waals surface area contributed by atoms with Crippen LogP contribution in [0.25, 0.3) is 0 Å². The second-order valence-corrected chi connectivity index (χ2v) is 7.18. The molecule has 1 saturated heterocycles. The van der Waals surface area contributed by atoms with Gasteiger partial charge in [0.1, 0.15) is 10.6 Å². The van der Waals surface area contributed by atoms with Crippen LogP contribution in [0.4, 0.5) is 0 Å². The van der Waals surface area contributed by atoms with E-state index in [1.807, 2.05) is 6.92 Å². The minimum atomic E-state index is -3.52. The zero-order valence-corrected chi connectivity index (χ0v) is 14.0. The van der Waals surface area contributed by atoms with Crippen molar-refractivity contribution in [3.63, 3.8) is 0 Å². The summed E-state index contributed by atoms with van der Waals surface area (Å²) in [5.41, 5.74) is 5.92. The molecule has 21 heavy (non-hydrogen) atoms. The molecule has 1 heterocycles. The summed E-state index contributed by atoms with van der Waals surface area (Å²) in [7, 11) is -2.04. The van der Waals surface area contributed by atoms with Gasteiger partial charge in [0.15, 0.2) is 0 Å². The second kappa shape index (κ2) is 7.45. The smallest absolute Gasteiger partial charge is 0.246 e. The van der Waals surface area contributed by atoms with Crippen molar-refractivity contribution >= 4 is 22.4 Å². The summed E-state index contributed by atoms with van der Waals surface area (Å²) in [5, 5.41) is 0. The Labute approximate surface area is 132 Å². The zero-order chi connectivity index (χ0) is 14.8. The van der Waals surface area contributed by atoms with Gasteiger partial charge in [-0.2, -0.15) is 4.31 Å². The molecular weight excluding hydrogens is 312 g/mol. The Bertz CT molecular complexity index is 563. The van der Waals surface area contributed by atoms with Crippen LogP contribution in [-0.2, 0) is 10.0 Å². The van der Waals surface area contributed by atoms with Crippen molar-refractivity contribution in [1.82, 2.24) is 4.31 Å². The summed E-state index contributed by atoms with van der Waals surface area (Å²) >= 11 is 0. The number of hydrogen-bond donors (Lipinski definition) is 1. The molecule has 1 aromatic rings. The second-order valence-electron chi connectivity index (χ2n) is 5.28. The first-order valence-electron chi connectivity index (χ1n) is 6.85. The molecule has 2 rings (SSSR count). The van der Waals surface area contributed by atoms with Crippen molar-refractivity contribution in [2.75, 3.05) is 20.2 Å². The molecule has 0 radical (unpaired) electrons. The van der Waals surface area contributed by atoms with Crippen LogP contribution in [0.5, 0.6) is 5.75 Å². The third-order valence-corrected chi connectivity index (χ3v) is 5.76. The van der Waals surface area contributed by atoms with Gasteiger partial charge in [-0.15, -0.1) is 12.4 Å². The SMILES string of the molecule is COc1ccccc1S(=O)(=O)N1CCCC(C(C)N)C1.Cl. The number of ether oxygens (including phenoxy) is 1. The maximum Gasteiger partial charge on any atom is 0.246 e. The Kier molecular flexibility index (Phi) is 6.46. The van der Waals surface area contributed by atoms with Gasteiger partial charge in [0.05, 0.1) is 7.11 Å². The molecule has 1 fully saturated rings. The van der Waals surface area contributed by atoms with Gasteiger partial charge in [-0.1, -0.05) is 12.1 Å². The number of nitrogens with two attached hydrogens (primary N) is 1. The molecule has 1 aromatic carbocycles. The Morgan fingerprint density at radius 1 is 1.38 bits per heavy atom. The Balaban J connectivity index is 0.00000220. The van der Waals surface area contributed by atoms with E-state index < -0.39 is 10.0 Å². The molecule has 0 aromatic heterocycles. The minimum absolute atomic E-state index is 0. The molecule has 0 spiro atoms. The highest BCUT2D eigenvalue weighted by Crippen LogP contribution is 2.29. The van der Waals surface area contributed by atoms with Crippen molar-refractivity contribution < 1.29 is 13.2 Å². The lowest BCUT2D eigenvalue weighted by molar-refractivity contribution is 0.242. The molecular formula is C14H23ClN2O3S. The van der Waals surface area contributed by atoms with Crippen molar-refractivity contribution in [3.05, 3.63) is 24.3 Å². The highest BCUT2D eigenvalue weighted by Gasteiger charge is 2.33. The average Bonchev–Trinajstić information content (AvgIpc) is 2.47. The number of hydrogen-bond acceptors (Lipinski definition) is 4. The number of benzene rings is 1. The topological polar surface area (TPSA) is 72.6 Å². The van der Waals surface area contributed by atoms with Crippen LogP contribution in [0.1, 0.15) is 19.8 Å². The van der Waals surface area contributed by atoms with Crippen molar-refractivity contribution in [3.8, 4) is 5.75 Å². The van der Waals surface area contributed by atoms with Crippen molar-refractivity contribution in [2.45, 2.75) is 30.7 Å². The largest absolute Gasteiger partial charge is 0.495 e. The summed E-state index contributed by atoms with van der Waals surface area (Å²) < 4.78 is 32.2. The normalized spacial score (nSPS) is 21.4. The summed E-state index contributed by atoms with van der Waals surface area (Å²) in [4.78, 5) is 0.229. The number of rotatable bonds is 4. The third-order valence-electron chi connectivity index (χ3n) is 3.85. The summed E-state index contributed by atoms with van der Waals surface area (Å²) in [5.74, 6) is 0.601. The van der Waals surface area contributed by atoms with E-state index in [1.54, 1.807) is 24.3 Å². The predicted octanol–water partition coefficient (Wildman–Crippen LogP) is 1.86. The molecule has 0 amide bonds. The third kappa shape index (κ3) is 3.88. The maximum atomic E-state index is 12.7. The van der Waals surface area contributed by atoms with Crippen molar-refractivity contribution in [1.29, 1.82) is 0 Å². The van der Waals surface area contributed by atoms with Gasteiger partial charge in [0.2, 0.25) is 10.0 Å². The molecule has 2 N–H and O–H groups in total. The quantitative estimate of drug-likeness (QED) is 0.912. The van der Waals surface area contributed by atoms with Crippen LogP contribution in [-0.4, -0.2) is 39.0 Å². The van der Waals surface area contributed by atoms with E-state index in [0.29, 0.717) is 18.8 Å². The number of para-hydroxylation sites is 1. The van der Waals surface area contributed by atoms with Gasteiger partial charge in [-0.05, 0) is 37.8 Å².